The van der Waals surface area contributed by atoms with Gasteiger partial charge in [-0.2, -0.15) is 0 Å². The number of benzene rings is 1. The fraction of sp³-hybridized carbons (Fsp3) is 0. The molecule has 84 valence electrons. The summed E-state index contributed by atoms with van der Waals surface area (Å²) in [6.07, 6.45) is 1.70. The van der Waals surface area contributed by atoms with Crippen LogP contribution in [0.4, 0.5) is 5.69 Å². The van der Waals surface area contributed by atoms with Crippen molar-refractivity contribution in [1.82, 2.24) is 15.0 Å². The third-order valence-corrected chi connectivity index (χ3v) is 3.00. The Hall–Kier alpha value is -1.88. The van der Waals surface area contributed by atoms with E-state index in [4.69, 9.17) is 5.73 Å². The summed E-state index contributed by atoms with van der Waals surface area (Å²) in [5.41, 5.74) is 9.02. The van der Waals surface area contributed by atoms with E-state index in [1.807, 2.05) is 24.3 Å². The Balaban J connectivity index is 2.22. The lowest BCUT2D eigenvalue weighted by Gasteiger charge is -1.98. The largest absolute Gasteiger partial charge is 0.397 e. The second-order valence-electron chi connectivity index (χ2n) is 3.69. The van der Waals surface area contributed by atoms with Crippen molar-refractivity contribution in [3.05, 3.63) is 41.0 Å². The van der Waals surface area contributed by atoms with Gasteiger partial charge in [-0.3, -0.25) is 4.98 Å². The van der Waals surface area contributed by atoms with Gasteiger partial charge in [-0.25, -0.2) is 4.98 Å². The summed E-state index contributed by atoms with van der Waals surface area (Å²) in [5.74, 6) is 0.691. The van der Waals surface area contributed by atoms with Gasteiger partial charge in [-0.15, -0.1) is 0 Å². The van der Waals surface area contributed by atoms with Gasteiger partial charge >= 0.3 is 0 Å². The number of rotatable bonds is 1. The molecule has 0 aliphatic heterocycles. The monoisotopic (exact) mass is 288 g/mol. The molecule has 0 fully saturated rings. The third kappa shape index (κ3) is 1.78. The fourth-order valence-corrected chi connectivity index (χ4v) is 2.07. The van der Waals surface area contributed by atoms with Crippen LogP contribution >= 0.6 is 15.9 Å². The predicted octanol–water partition coefficient (Wildman–Crippen LogP) is 2.97. The molecule has 0 spiro atoms. The number of pyridine rings is 1. The number of nitrogen functional groups attached to an aromatic ring is 1. The van der Waals surface area contributed by atoms with Gasteiger partial charge in [0, 0.05) is 10.7 Å². The summed E-state index contributed by atoms with van der Waals surface area (Å²) in [5, 5.41) is 0. The first-order valence-electron chi connectivity index (χ1n) is 5.10. The molecule has 2 aromatic heterocycles. The van der Waals surface area contributed by atoms with Gasteiger partial charge in [-0.1, -0.05) is 15.9 Å². The number of halogens is 1. The van der Waals surface area contributed by atoms with Crippen molar-refractivity contribution >= 4 is 32.7 Å². The maximum atomic E-state index is 5.87. The zero-order chi connectivity index (χ0) is 11.8. The molecular weight excluding hydrogens is 280 g/mol. The molecule has 0 saturated carbocycles. The summed E-state index contributed by atoms with van der Waals surface area (Å²) in [7, 11) is 0. The topological polar surface area (TPSA) is 67.6 Å². The molecule has 0 radical (unpaired) electrons. The smallest absolute Gasteiger partial charge is 0.159 e. The summed E-state index contributed by atoms with van der Waals surface area (Å²) in [6.45, 7) is 0. The number of nitrogens with zero attached hydrogens (tertiary/aromatic N) is 2. The van der Waals surface area contributed by atoms with Crippen LogP contribution in [0.1, 0.15) is 0 Å². The lowest BCUT2D eigenvalue weighted by Crippen LogP contribution is -1.93. The molecule has 0 amide bonds. The van der Waals surface area contributed by atoms with E-state index in [-0.39, 0.29) is 0 Å². The Labute approximate surface area is 106 Å². The predicted molar refractivity (Wildman–Crippen MR) is 71.4 cm³/mol. The molecule has 5 heteroatoms. The van der Waals surface area contributed by atoms with Gasteiger partial charge in [0.05, 0.1) is 16.7 Å². The Kier molecular flexibility index (Phi) is 2.33. The average molecular weight is 289 g/mol. The number of aromatic amines is 1. The van der Waals surface area contributed by atoms with Crippen LogP contribution in [0.2, 0.25) is 0 Å². The van der Waals surface area contributed by atoms with Crippen molar-refractivity contribution in [2.75, 3.05) is 5.73 Å². The minimum Gasteiger partial charge on any atom is -0.397 e. The number of hydrogen-bond acceptors (Lipinski definition) is 3. The molecule has 3 aromatic rings. The van der Waals surface area contributed by atoms with Crippen LogP contribution in [-0.4, -0.2) is 15.0 Å². The normalized spacial score (nSPS) is 10.9. The van der Waals surface area contributed by atoms with E-state index in [1.54, 1.807) is 12.3 Å². The first-order chi connectivity index (χ1) is 8.24. The summed E-state index contributed by atoms with van der Waals surface area (Å²) in [6, 6.07) is 9.49. The number of H-pyrrole nitrogens is 1. The summed E-state index contributed by atoms with van der Waals surface area (Å²) < 4.78 is 1.01. The molecule has 0 aliphatic carbocycles. The van der Waals surface area contributed by atoms with Crippen molar-refractivity contribution in [2.45, 2.75) is 0 Å². The van der Waals surface area contributed by atoms with Gasteiger partial charge in [-0.05, 0) is 30.3 Å². The molecule has 0 unspecified atom stereocenters. The van der Waals surface area contributed by atoms with Crippen LogP contribution in [0.5, 0.6) is 0 Å². The quantitative estimate of drug-likeness (QED) is 0.723. The minimum absolute atomic E-state index is 0.616. The Morgan fingerprint density at radius 2 is 2.12 bits per heavy atom. The summed E-state index contributed by atoms with van der Waals surface area (Å²) >= 11 is 3.42. The number of fused-ring (bicyclic) bond motifs is 1. The maximum Gasteiger partial charge on any atom is 0.159 e. The van der Waals surface area contributed by atoms with Crippen LogP contribution in [0.3, 0.4) is 0 Å². The molecule has 2 heterocycles. The highest BCUT2D eigenvalue weighted by molar-refractivity contribution is 9.10. The summed E-state index contributed by atoms with van der Waals surface area (Å²) in [4.78, 5) is 11.9. The van der Waals surface area contributed by atoms with Gasteiger partial charge in [0.25, 0.3) is 0 Å². The van der Waals surface area contributed by atoms with E-state index >= 15 is 0 Å². The van der Waals surface area contributed by atoms with E-state index in [0.717, 1.165) is 15.5 Å². The van der Waals surface area contributed by atoms with Gasteiger partial charge < -0.3 is 10.7 Å². The van der Waals surface area contributed by atoms with Crippen LogP contribution in [0, 0.1) is 0 Å². The first kappa shape index (κ1) is 10.3. The minimum atomic E-state index is 0.616. The Morgan fingerprint density at radius 3 is 2.94 bits per heavy atom. The SMILES string of the molecule is Nc1cccnc1-c1nc2ccc(Br)cc2[nH]1. The van der Waals surface area contributed by atoms with Crippen LogP contribution in [0.15, 0.2) is 41.0 Å². The van der Waals surface area contributed by atoms with E-state index in [2.05, 4.69) is 30.9 Å². The molecule has 0 saturated heterocycles. The number of nitrogens with one attached hydrogen (secondary N) is 1. The highest BCUT2D eigenvalue weighted by Crippen LogP contribution is 2.24. The Morgan fingerprint density at radius 1 is 1.24 bits per heavy atom. The first-order valence-corrected chi connectivity index (χ1v) is 5.89. The molecule has 4 nitrogen and oxygen atoms in total. The van der Waals surface area contributed by atoms with Crippen LogP contribution < -0.4 is 5.73 Å². The molecule has 17 heavy (non-hydrogen) atoms. The highest BCUT2D eigenvalue weighted by atomic mass is 79.9. The van der Waals surface area contributed by atoms with E-state index in [9.17, 15) is 0 Å². The number of aromatic nitrogens is 3. The molecule has 3 rings (SSSR count). The molecule has 0 atom stereocenters. The van der Waals surface area contributed by atoms with Gasteiger partial charge in [0.1, 0.15) is 5.69 Å². The number of nitrogens with two attached hydrogens (primary N) is 1. The van der Waals surface area contributed by atoms with Crippen molar-refractivity contribution in [1.29, 1.82) is 0 Å². The van der Waals surface area contributed by atoms with Gasteiger partial charge in [0.2, 0.25) is 0 Å². The molecule has 0 aliphatic rings. The third-order valence-electron chi connectivity index (χ3n) is 2.51. The zero-order valence-corrected chi connectivity index (χ0v) is 10.4. The lowest BCUT2D eigenvalue weighted by atomic mass is 10.3. The molecule has 1 aromatic carbocycles. The van der Waals surface area contributed by atoms with Crippen LogP contribution in [-0.2, 0) is 0 Å². The van der Waals surface area contributed by atoms with Crippen molar-refractivity contribution in [3.8, 4) is 11.5 Å². The molecular formula is C12H9BrN4. The number of hydrogen-bond donors (Lipinski definition) is 2. The van der Waals surface area contributed by atoms with Crippen molar-refractivity contribution in [3.63, 3.8) is 0 Å². The van der Waals surface area contributed by atoms with E-state index in [1.165, 1.54) is 0 Å². The van der Waals surface area contributed by atoms with Crippen LogP contribution in [0.25, 0.3) is 22.6 Å². The molecule has 0 bridgehead atoms. The second-order valence-corrected chi connectivity index (χ2v) is 4.60. The zero-order valence-electron chi connectivity index (χ0n) is 8.81. The molecule has 3 N–H and O–H groups in total. The fourth-order valence-electron chi connectivity index (χ4n) is 1.71. The maximum absolute atomic E-state index is 5.87. The Bertz CT molecular complexity index is 690. The highest BCUT2D eigenvalue weighted by Gasteiger charge is 2.09. The number of anilines is 1. The standard InChI is InChI=1S/C12H9BrN4/c13-7-3-4-9-10(6-7)17-12(16-9)11-8(14)2-1-5-15-11/h1-6H,14H2,(H,16,17). The van der Waals surface area contributed by atoms with Crippen molar-refractivity contribution in [2.24, 2.45) is 0 Å². The van der Waals surface area contributed by atoms with Crippen molar-refractivity contribution < 1.29 is 0 Å². The van der Waals surface area contributed by atoms with Gasteiger partial charge in [0.15, 0.2) is 5.82 Å². The van der Waals surface area contributed by atoms with E-state index in [0.29, 0.717) is 17.2 Å². The lowest BCUT2D eigenvalue weighted by molar-refractivity contribution is 1.24. The van der Waals surface area contributed by atoms with E-state index < -0.39 is 0 Å². The second kappa shape index (κ2) is 3.85. The number of imidazole rings is 1. The average Bonchev–Trinajstić information content (AvgIpc) is 2.72.